The Kier molecular flexibility index (Phi) is 5.04. The number of ether oxygens (including phenoxy) is 1. The fraction of sp³-hybridized carbons (Fsp3) is 0.786. The molecule has 92 valence electrons. The first-order chi connectivity index (χ1) is 7.62. The summed E-state index contributed by atoms with van der Waals surface area (Å²) >= 11 is 0. The fourth-order valence-electron chi connectivity index (χ4n) is 2.22. The number of esters is 1. The van der Waals surface area contributed by atoms with E-state index in [0.29, 0.717) is 0 Å². The van der Waals surface area contributed by atoms with Gasteiger partial charge in [-0.15, -0.1) is 0 Å². The van der Waals surface area contributed by atoms with Crippen LogP contribution in [0.2, 0.25) is 0 Å². The molecular formula is C14H24O2. The van der Waals surface area contributed by atoms with E-state index in [1.807, 2.05) is 6.08 Å². The van der Waals surface area contributed by atoms with Crippen molar-refractivity contribution < 1.29 is 9.53 Å². The lowest BCUT2D eigenvalue weighted by Crippen LogP contribution is -2.31. The molecule has 0 aromatic rings. The molecule has 0 fully saturated rings. The summed E-state index contributed by atoms with van der Waals surface area (Å²) in [6.45, 7) is 6.63. The van der Waals surface area contributed by atoms with Crippen LogP contribution in [0.4, 0.5) is 0 Å². The van der Waals surface area contributed by atoms with Crippen LogP contribution in [0.3, 0.4) is 0 Å². The van der Waals surface area contributed by atoms with Gasteiger partial charge in [0.25, 0.3) is 0 Å². The molecule has 0 saturated heterocycles. The van der Waals surface area contributed by atoms with Crippen LogP contribution in [0.15, 0.2) is 12.2 Å². The molecular weight excluding hydrogens is 200 g/mol. The lowest BCUT2D eigenvalue weighted by molar-refractivity contribution is -0.143. The van der Waals surface area contributed by atoms with Crippen molar-refractivity contribution in [3.63, 3.8) is 0 Å². The molecule has 0 spiro atoms. The van der Waals surface area contributed by atoms with Crippen LogP contribution in [-0.2, 0) is 9.53 Å². The number of unbranched alkanes of at least 4 members (excludes halogenated alkanes) is 3. The summed E-state index contributed by atoms with van der Waals surface area (Å²) in [6.07, 6.45) is 10.8. The zero-order valence-corrected chi connectivity index (χ0v) is 10.8. The first-order valence-electron chi connectivity index (χ1n) is 6.51. The second-order valence-corrected chi connectivity index (χ2v) is 5.03. The number of rotatable bonds is 7. The molecule has 0 saturated carbocycles. The summed E-state index contributed by atoms with van der Waals surface area (Å²) in [5.74, 6) is -0.182. The van der Waals surface area contributed by atoms with Gasteiger partial charge < -0.3 is 4.74 Å². The van der Waals surface area contributed by atoms with Crippen molar-refractivity contribution in [2.24, 2.45) is 5.41 Å². The molecule has 2 atom stereocenters. The minimum Gasteiger partial charge on any atom is -0.454 e. The van der Waals surface area contributed by atoms with Crippen molar-refractivity contribution in [3.8, 4) is 0 Å². The Labute approximate surface area is 99.1 Å². The summed E-state index contributed by atoms with van der Waals surface area (Å²) in [5.41, 5.74) is 0.121. The standard InChI is InChI=1S/C14H24O2/c1-4-6-7-8-11-14(3,5-2)12-9-10-13(15)16-12/h9-10,12H,4-8,11H2,1-3H3. The van der Waals surface area contributed by atoms with Crippen molar-refractivity contribution in [1.29, 1.82) is 0 Å². The van der Waals surface area contributed by atoms with Gasteiger partial charge in [-0.3, -0.25) is 0 Å². The maximum absolute atomic E-state index is 11.1. The third-order valence-electron chi connectivity index (χ3n) is 3.75. The van der Waals surface area contributed by atoms with Crippen molar-refractivity contribution in [2.75, 3.05) is 0 Å². The van der Waals surface area contributed by atoms with Gasteiger partial charge in [0, 0.05) is 11.5 Å². The van der Waals surface area contributed by atoms with Gasteiger partial charge in [0.15, 0.2) is 0 Å². The van der Waals surface area contributed by atoms with Crippen LogP contribution < -0.4 is 0 Å². The lowest BCUT2D eigenvalue weighted by atomic mass is 9.77. The van der Waals surface area contributed by atoms with Crippen molar-refractivity contribution in [1.82, 2.24) is 0 Å². The van der Waals surface area contributed by atoms with Crippen molar-refractivity contribution in [2.45, 2.75) is 65.4 Å². The maximum atomic E-state index is 11.1. The molecule has 0 radical (unpaired) electrons. The molecule has 0 bridgehead atoms. The van der Waals surface area contributed by atoms with E-state index in [-0.39, 0.29) is 17.5 Å². The van der Waals surface area contributed by atoms with E-state index in [0.717, 1.165) is 12.8 Å². The van der Waals surface area contributed by atoms with E-state index >= 15 is 0 Å². The zero-order chi connectivity index (χ0) is 12.0. The minimum atomic E-state index is -0.182. The van der Waals surface area contributed by atoms with Crippen LogP contribution in [0.1, 0.15) is 59.3 Å². The summed E-state index contributed by atoms with van der Waals surface area (Å²) in [4.78, 5) is 11.1. The summed E-state index contributed by atoms with van der Waals surface area (Å²) in [6, 6.07) is 0. The van der Waals surface area contributed by atoms with Crippen molar-refractivity contribution >= 4 is 5.97 Å². The molecule has 2 unspecified atom stereocenters. The fourth-order valence-corrected chi connectivity index (χ4v) is 2.22. The summed E-state index contributed by atoms with van der Waals surface area (Å²) in [5, 5.41) is 0. The average molecular weight is 224 g/mol. The predicted molar refractivity (Wildman–Crippen MR) is 66.2 cm³/mol. The Morgan fingerprint density at radius 1 is 1.31 bits per heavy atom. The molecule has 0 aromatic heterocycles. The van der Waals surface area contributed by atoms with Gasteiger partial charge in [-0.25, -0.2) is 4.79 Å². The zero-order valence-electron chi connectivity index (χ0n) is 10.8. The molecule has 0 amide bonds. The van der Waals surface area contributed by atoms with Gasteiger partial charge in [-0.1, -0.05) is 46.5 Å². The van der Waals surface area contributed by atoms with Crippen LogP contribution in [0.25, 0.3) is 0 Å². The molecule has 16 heavy (non-hydrogen) atoms. The smallest absolute Gasteiger partial charge is 0.331 e. The number of carbonyl (C=O) groups is 1. The third kappa shape index (κ3) is 3.36. The Hall–Kier alpha value is -0.790. The SMILES string of the molecule is CCCCCCC(C)(CC)C1C=CC(=O)O1. The van der Waals surface area contributed by atoms with Gasteiger partial charge in [0.1, 0.15) is 6.10 Å². The van der Waals surface area contributed by atoms with E-state index in [9.17, 15) is 4.79 Å². The summed E-state index contributed by atoms with van der Waals surface area (Å²) in [7, 11) is 0. The molecule has 1 rings (SSSR count). The van der Waals surface area contributed by atoms with E-state index in [2.05, 4.69) is 20.8 Å². The molecule has 2 heteroatoms. The van der Waals surface area contributed by atoms with Crippen LogP contribution >= 0.6 is 0 Å². The highest BCUT2D eigenvalue weighted by atomic mass is 16.5. The van der Waals surface area contributed by atoms with E-state index in [1.54, 1.807) is 6.08 Å². The number of hydrogen-bond donors (Lipinski definition) is 0. The third-order valence-corrected chi connectivity index (χ3v) is 3.75. The molecule has 1 aliphatic heterocycles. The topological polar surface area (TPSA) is 26.3 Å². The van der Waals surface area contributed by atoms with Crippen LogP contribution in [0, 0.1) is 5.41 Å². The van der Waals surface area contributed by atoms with Gasteiger partial charge in [-0.2, -0.15) is 0 Å². The Bertz CT molecular complexity index is 257. The minimum absolute atomic E-state index is 0.00775. The Morgan fingerprint density at radius 3 is 2.56 bits per heavy atom. The quantitative estimate of drug-likeness (QED) is 0.485. The molecule has 2 nitrogen and oxygen atoms in total. The largest absolute Gasteiger partial charge is 0.454 e. The van der Waals surface area contributed by atoms with Gasteiger partial charge >= 0.3 is 5.97 Å². The molecule has 1 aliphatic rings. The predicted octanol–water partition coefficient (Wildman–Crippen LogP) is 3.85. The van der Waals surface area contributed by atoms with E-state index in [4.69, 9.17) is 4.74 Å². The number of hydrogen-bond acceptors (Lipinski definition) is 2. The van der Waals surface area contributed by atoms with Crippen LogP contribution in [0.5, 0.6) is 0 Å². The molecule has 1 heterocycles. The Morgan fingerprint density at radius 2 is 2.06 bits per heavy atom. The first kappa shape index (κ1) is 13.3. The number of cyclic esters (lactones) is 1. The second-order valence-electron chi connectivity index (χ2n) is 5.03. The normalized spacial score (nSPS) is 23.2. The molecule has 0 N–H and O–H groups in total. The average Bonchev–Trinajstić information content (AvgIpc) is 2.71. The van der Waals surface area contributed by atoms with Gasteiger partial charge in [-0.05, 0) is 18.9 Å². The highest BCUT2D eigenvalue weighted by Gasteiger charge is 2.35. The van der Waals surface area contributed by atoms with E-state index in [1.165, 1.54) is 25.7 Å². The first-order valence-corrected chi connectivity index (χ1v) is 6.51. The van der Waals surface area contributed by atoms with Gasteiger partial charge in [0.05, 0.1) is 0 Å². The maximum Gasteiger partial charge on any atom is 0.331 e. The van der Waals surface area contributed by atoms with Gasteiger partial charge in [0.2, 0.25) is 0 Å². The molecule has 0 aliphatic carbocycles. The number of carbonyl (C=O) groups excluding carboxylic acids is 1. The second kappa shape index (κ2) is 6.07. The lowest BCUT2D eigenvalue weighted by Gasteiger charge is -2.32. The highest BCUT2D eigenvalue weighted by Crippen LogP contribution is 2.36. The van der Waals surface area contributed by atoms with E-state index < -0.39 is 0 Å². The Balaban J connectivity index is 2.43. The monoisotopic (exact) mass is 224 g/mol. The highest BCUT2D eigenvalue weighted by molar-refractivity contribution is 5.84. The summed E-state index contributed by atoms with van der Waals surface area (Å²) < 4.78 is 5.32. The van der Waals surface area contributed by atoms with Crippen molar-refractivity contribution in [3.05, 3.63) is 12.2 Å². The van der Waals surface area contributed by atoms with Crippen LogP contribution in [-0.4, -0.2) is 12.1 Å². The molecule has 0 aromatic carbocycles.